The Morgan fingerprint density at radius 1 is 1.29 bits per heavy atom. The summed E-state index contributed by atoms with van der Waals surface area (Å²) in [5, 5.41) is 3.48. The van der Waals surface area contributed by atoms with Crippen molar-refractivity contribution in [2.45, 2.75) is 51.7 Å². The zero-order valence-corrected chi connectivity index (χ0v) is 11.5. The average Bonchev–Trinajstić information content (AvgIpc) is 2.73. The van der Waals surface area contributed by atoms with Gasteiger partial charge < -0.3 is 15.0 Å². The van der Waals surface area contributed by atoms with Crippen LogP contribution in [0.15, 0.2) is 0 Å². The van der Waals surface area contributed by atoms with Crippen LogP contribution >= 0.6 is 0 Å². The highest BCUT2D eigenvalue weighted by Crippen LogP contribution is 2.22. The lowest BCUT2D eigenvalue weighted by Gasteiger charge is -2.34. The van der Waals surface area contributed by atoms with Crippen LogP contribution in [0.3, 0.4) is 0 Å². The molecular formula is C14H28N2O. The Balaban J connectivity index is 1.69. The Bertz CT molecular complexity index is 222. The minimum Gasteiger partial charge on any atom is -0.374 e. The Labute approximate surface area is 106 Å². The minimum absolute atomic E-state index is 0.488. The molecule has 0 spiro atoms. The highest BCUT2D eigenvalue weighted by Gasteiger charge is 2.26. The van der Waals surface area contributed by atoms with E-state index >= 15 is 0 Å². The van der Waals surface area contributed by atoms with Gasteiger partial charge in [0.25, 0.3) is 0 Å². The van der Waals surface area contributed by atoms with E-state index in [4.69, 9.17) is 4.74 Å². The van der Waals surface area contributed by atoms with Crippen molar-refractivity contribution < 1.29 is 4.74 Å². The summed E-state index contributed by atoms with van der Waals surface area (Å²) in [6, 6.07) is 0. The molecule has 2 aliphatic rings. The lowest BCUT2D eigenvalue weighted by molar-refractivity contribution is 0.0220. The first-order chi connectivity index (χ1) is 8.28. The molecule has 2 heterocycles. The highest BCUT2D eigenvalue weighted by atomic mass is 16.5. The minimum atomic E-state index is 0.488. The summed E-state index contributed by atoms with van der Waals surface area (Å²) in [7, 11) is 0. The SMILES string of the molecule is CCNCC1CCCN(CC2CCC(C)O2)C1. The van der Waals surface area contributed by atoms with Gasteiger partial charge >= 0.3 is 0 Å². The Morgan fingerprint density at radius 2 is 2.18 bits per heavy atom. The standard InChI is InChI=1S/C14H28N2O/c1-3-15-9-13-5-4-8-16(10-13)11-14-7-6-12(2)17-14/h12-15H,3-11H2,1-2H3. The van der Waals surface area contributed by atoms with Crippen LogP contribution in [0, 0.1) is 5.92 Å². The van der Waals surface area contributed by atoms with Gasteiger partial charge in [0.2, 0.25) is 0 Å². The third-order valence-corrected chi connectivity index (χ3v) is 4.07. The van der Waals surface area contributed by atoms with Crippen molar-refractivity contribution in [2.24, 2.45) is 5.92 Å². The van der Waals surface area contributed by atoms with Crippen LogP contribution in [0.1, 0.15) is 39.5 Å². The molecule has 17 heavy (non-hydrogen) atoms. The van der Waals surface area contributed by atoms with E-state index in [1.54, 1.807) is 0 Å². The molecule has 0 amide bonds. The van der Waals surface area contributed by atoms with Crippen molar-refractivity contribution in [2.75, 3.05) is 32.7 Å². The Morgan fingerprint density at radius 3 is 2.88 bits per heavy atom. The molecule has 0 aliphatic carbocycles. The van der Waals surface area contributed by atoms with E-state index in [1.165, 1.54) is 45.3 Å². The van der Waals surface area contributed by atoms with E-state index in [1.807, 2.05) is 0 Å². The molecule has 0 saturated carbocycles. The average molecular weight is 240 g/mol. The zero-order valence-electron chi connectivity index (χ0n) is 11.5. The molecule has 0 radical (unpaired) electrons. The van der Waals surface area contributed by atoms with Crippen molar-refractivity contribution in [3.8, 4) is 0 Å². The van der Waals surface area contributed by atoms with Gasteiger partial charge in [0.05, 0.1) is 12.2 Å². The van der Waals surface area contributed by atoms with Gasteiger partial charge in [-0.25, -0.2) is 0 Å². The normalized spacial score (nSPS) is 35.3. The van der Waals surface area contributed by atoms with Gasteiger partial charge in [-0.2, -0.15) is 0 Å². The van der Waals surface area contributed by atoms with Crippen LogP contribution in [0.5, 0.6) is 0 Å². The summed E-state index contributed by atoms with van der Waals surface area (Å²) in [5.74, 6) is 0.850. The number of ether oxygens (including phenoxy) is 1. The van der Waals surface area contributed by atoms with Gasteiger partial charge in [-0.3, -0.25) is 0 Å². The number of nitrogens with zero attached hydrogens (tertiary/aromatic N) is 1. The molecule has 0 aromatic heterocycles. The molecule has 1 N–H and O–H groups in total. The number of nitrogens with one attached hydrogen (secondary N) is 1. The zero-order chi connectivity index (χ0) is 12.1. The Hall–Kier alpha value is -0.120. The van der Waals surface area contributed by atoms with E-state index in [9.17, 15) is 0 Å². The van der Waals surface area contributed by atoms with Gasteiger partial charge in [0, 0.05) is 13.1 Å². The third-order valence-electron chi connectivity index (χ3n) is 4.07. The molecule has 2 fully saturated rings. The fourth-order valence-corrected chi connectivity index (χ4v) is 3.14. The van der Waals surface area contributed by atoms with E-state index < -0.39 is 0 Å². The van der Waals surface area contributed by atoms with E-state index in [-0.39, 0.29) is 0 Å². The highest BCUT2D eigenvalue weighted by molar-refractivity contribution is 4.79. The summed E-state index contributed by atoms with van der Waals surface area (Å²) < 4.78 is 5.92. The second kappa shape index (κ2) is 6.72. The topological polar surface area (TPSA) is 24.5 Å². The van der Waals surface area contributed by atoms with Crippen LogP contribution in [-0.2, 0) is 4.74 Å². The van der Waals surface area contributed by atoms with E-state index in [2.05, 4.69) is 24.1 Å². The number of piperidine rings is 1. The molecule has 3 heteroatoms. The molecule has 2 aliphatic heterocycles. The molecule has 0 aromatic carbocycles. The second-order valence-electron chi connectivity index (χ2n) is 5.72. The second-order valence-corrected chi connectivity index (χ2v) is 5.72. The summed E-state index contributed by atoms with van der Waals surface area (Å²) in [4.78, 5) is 2.62. The fraction of sp³-hybridized carbons (Fsp3) is 1.00. The molecule has 3 atom stereocenters. The van der Waals surface area contributed by atoms with Gasteiger partial charge in [-0.1, -0.05) is 6.92 Å². The van der Waals surface area contributed by atoms with E-state index in [0.29, 0.717) is 12.2 Å². The molecule has 0 aromatic rings. The lowest BCUT2D eigenvalue weighted by Crippen LogP contribution is -2.42. The van der Waals surface area contributed by atoms with Gasteiger partial charge in [-0.05, 0) is 58.2 Å². The predicted octanol–water partition coefficient (Wildman–Crippen LogP) is 1.88. The maximum Gasteiger partial charge on any atom is 0.0706 e. The third kappa shape index (κ3) is 4.23. The molecular weight excluding hydrogens is 212 g/mol. The fourth-order valence-electron chi connectivity index (χ4n) is 3.14. The number of rotatable bonds is 5. The van der Waals surface area contributed by atoms with Gasteiger partial charge in [0.1, 0.15) is 0 Å². The quantitative estimate of drug-likeness (QED) is 0.794. The van der Waals surface area contributed by atoms with Crippen molar-refractivity contribution in [1.82, 2.24) is 10.2 Å². The molecule has 2 saturated heterocycles. The van der Waals surface area contributed by atoms with Crippen LogP contribution in [0.2, 0.25) is 0 Å². The number of hydrogen-bond acceptors (Lipinski definition) is 3. The van der Waals surface area contributed by atoms with Gasteiger partial charge in [-0.15, -0.1) is 0 Å². The summed E-state index contributed by atoms with van der Waals surface area (Å²) in [6.07, 6.45) is 6.25. The maximum atomic E-state index is 5.92. The molecule has 3 nitrogen and oxygen atoms in total. The first-order valence-electron chi connectivity index (χ1n) is 7.36. The summed E-state index contributed by atoms with van der Waals surface area (Å²) in [5.41, 5.74) is 0. The summed E-state index contributed by atoms with van der Waals surface area (Å²) in [6.45, 7) is 10.4. The molecule has 2 rings (SSSR count). The van der Waals surface area contributed by atoms with Crippen LogP contribution in [0.25, 0.3) is 0 Å². The van der Waals surface area contributed by atoms with Crippen LogP contribution < -0.4 is 5.32 Å². The van der Waals surface area contributed by atoms with Crippen molar-refractivity contribution in [3.05, 3.63) is 0 Å². The molecule has 100 valence electrons. The number of hydrogen-bond donors (Lipinski definition) is 1. The first kappa shape index (κ1) is 13.3. The van der Waals surface area contributed by atoms with Crippen LogP contribution in [0.4, 0.5) is 0 Å². The number of likely N-dealkylation sites (tertiary alicyclic amines) is 1. The van der Waals surface area contributed by atoms with Gasteiger partial charge in [0.15, 0.2) is 0 Å². The predicted molar refractivity (Wildman–Crippen MR) is 71.3 cm³/mol. The van der Waals surface area contributed by atoms with E-state index in [0.717, 1.165) is 19.0 Å². The largest absolute Gasteiger partial charge is 0.374 e. The first-order valence-corrected chi connectivity index (χ1v) is 7.36. The maximum absolute atomic E-state index is 5.92. The van der Waals surface area contributed by atoms with Crippen molar-refractivity contribution >= 4 is 0 Å². The monoisotopic (exact) mass is 240 g/mol. The molecule has 0 bridgehead atoms. The van der Waals surface area contributed by atoms with Crippen LogP contribution in [-0.4, -0.2) is 49.8 Å². The van der Waals surface area contributed by atoms with Crippen molar-refractivity contribution in [1.29, 1.82) is 0 Å². The Kier molecular flexibility index (Phi) is 5.26. The molecule has 3 unspecified atom stereocenters. The smallest absolute Gasteiger partial charge is 0.0706 e. The lowest BCUT2D eigenvalue weighted by atomic mass is 9.97. The van der Waals surface area contributed by atoms with Crippen molar-refractivity contribution in [3.63, 3.8) is 0 Å². The summed E-state index contributed by atoms with van der Waals surface area (Å²) >= 11 is 0.